The first-order valence-corrected chi connectivity index (χ1v) is 11.0. The Labute approximate surface area is 94.2 Å². The first kappa shape index (κ1) is 13.4. The van der Waals surface area contributed by atoms with Gasteiger partial charge in [-0.1, -0.05) is 6.92 Å². The predicted octanol–water partition coefficient (Wildman–Crippen LogP) is 3.87. The number of hydrogen-bond donors (Lipinski definition) is 0. The van der Waals surface area contributed by atoms with Gasteiger partial charge in [0.15, 0.2) is 8.32 Å². The summed E-state index contributed by atoms with van der Waals surface area (Å²) in [7, 11) is -4.60. The largest absolute Gasteiger partial charge is 0.351 e. The lowest BCUT2D eigenvalue weighted by molar-refractivity contribution is 0.182. The Morgan fingerprint density at radius 2 is 1.87 bits per heavy atom. The second kappa shape index (κ2) is 4.70. The molecule has 0 saturated heterocycles. The van der Waals surface area contributed by atoms with Gasteiger partial charge in [0.1, 0.15) is 0 Å². The average molecular weight is 250 g/mol. The molecule has 0 aromatic carbocycles. The molecular weight excluding hydrogens is 227 g/mol. The average Bonchev–Trinajstić information content (AvgIpc) is 2.27. The summed E-state index contributed by atoms with van der Waals surface area (Å²) in [6.07, 6.45) is 3.37. The smallest absolute Gasteiger partial charge is 0.318 e. The second-order valence-corrected chi connectivity index (χ2v) is 12.3. The molecule has 1 aliphatic rings. The number of hydrogen-bond acceptors (Lipinski definition) is 3. The Hall–Kier alpha value is 0.367. The van der Waals surface area contributed by atoms with Gasteiger partial charge in [0.2, 0.25) is 0 Å². The lowest BCUT2D eigenvalue weighted by Gasteiger charge is -2.25. The lowest BCUT2D eigenvalue weighted by Crippen LogP contribution is -2.25. The standard InChI is InChI=1S/C10H23O3PSi/c1-9-6-7-10(8-9)12-14(2,11)13-15(3,4)5/h9-10H,6-8H2,1-5H3. The van der Waals surface area contributed by atoms with Gasteiger partial charge in [0.05, 0.1) is 6.10 Å². The van der Waals surface area contributed by atoms with E-state index in [1.165, 1.54) is 6.42 Å². The molecule has 0 aliphatic heterocycles. The molecule has 3 unspecified atom stereocenters. The van der Waals surface area contributed by atoms with Crippen LogP contribution in [0, 0.1) is 5.92 Å². The van der Waals surface area contributed by atoms with Gasteiger partial charge < -0.3 is 8.74 Å². The summed E-state index contributed by atoms with van der Waals surface area (Å²) in [5, 5.41) is 0. The summed E-state index contributed by atoms with van der Waals surface area (Å²) >= 11 is 0. The third-order valence-corrected chi connectivity index (χ3v) is 6.63. The Morgan fingerprint density at radius 1 is 1.27 bits per heavy atom. The highest BCUT2D eigenvalue weighted by Gasteiger charge is 2.32. The van der Waals surface area contributed by atoms with Gasteiger partial charge in [-0.3, -0.25) is 4.57 Å². The molecule has 1 fully saturated rings. The monoisotopic (exact) mass is 250 g/mol. The molecular formula is C10H23O3PSi. The van der Waals surface area contributed by atoms with Crippen LogP contribution in [0.25, 0.3) is 0 Å². The molecule has 0 amide bonds. The van der Waals surface area contributed by atoms with E-state index in [0.717, 1.165) is 12.8 Å². The van der Waals surface area contributed by atoms with Crippen LogP contribution in [0.3, 0.4) is 0 Å². The Kier molecular flexibility index (Phi) is 4.21. The molecule has 0 bridgehead atoms. The van der Waals surface area contributed by atoms with Crippen LogP contribution in [-0.2, 0) is 13.3 Å². The molecule has 15 heavy (non-hydrogen) atoms. The zero-order valence-corrected chi connectivity index (χ0v) is 12.3. The summed E-state index contributed by atoms with van der Waals surface area (Å²) in [4.78, 5) is 0. The molecule has 1 rings (SSSR count). The van der Waals surface area contributed by atoms with E-state index < -0.39 is 15.9 Å². The molecule has 0 spiro atoms. The van der Waals surface area contributed by atoms with E-state index in [1.54, 1.807) is 6.66 Å². The summed E-state index contributed by atoms with van der Waals surface area (Å²) in [6.45, 7) is 9.91. The van der Waals surface area contributed by atoms with Crippen LogP contribution in [0.5, 0.6) is 0 Å². The quantitative estimate of drug-likeness (QED) is 0.561. The normalized spacial score (nSPS) is 31.5. The maximum atomic E-state index is 12.1. The van der Waals surface area contributed by atoms with Crippen molar-refractivity contribution in [1.82, 2.24) is 0 Å². The van der Waals surface area contributed by atoms with Crippen LogP contribution in [-0.4, -0.2) is 21.1 Å². The van der Waals surface area contributed by atoms with Crippen molar-refractivity contribution in [1.29, 1.82) is 0 Å². The highest BCUT2D eigenvalue weighted by Crippen LogP contribution is 2.50. The van der Waals surface area contributed by atoms with E-state index in [0.29, 0.717) is 5.92 Å². The molecule has 0 aromatic heterocycles. The molecule has 1 aliphatic carbocycles. The first-order chi connectivity index (χ1) is 6.68. The summed E-state index contributed by atoms with van der Waals surface area (Å²) in [5.74, 6) is 0.696. The molecule has 3 nitrogen and oxygen atoms in total. The van der Waals surface area contributed by atoms with Crippen molar-refractivity contribution in [3.8, 4) is 0 Å². The van der Waals surface area contributed by atoms with Crippen molar-refractivity contribution in [3.63, 3.8) is 0 Å². The van der Waals surface area contributed by atoms with Gasteiger partial charge in [-0.25, -0.2) is 0 Å². The summed E-state index contributed by atoms with van der Waals surface area (Å²) in [5.41, 5.74) is 0. The van der Waals surface area contributed by atoms with Crippen molar-refractivity contribution in [2.45, 2.75) is 51.9 Å². The van der Waals surface area contributed by atoms with Crippen molar-refractivity contribution in [2.75, 3.05) is 6.66 Å². The fourth-order valence-corrected chi connectivity index (χ4v) is 6.93. The summed E-state index contributed by atoms with van der Waals surface area (Å²) in [6, 6.07) is 0. The minimum Gasteiger partial charge on any atom is -0.351 e. The van der Waals surface area contributed by atoms with Crippen molar-refractivity contribution < 1.29 is 13.3 Å². The third kappa shape index (κ3) is 5.30. The van der Waals surface area contributed by atoms with Gasteiger partial charge in [0.25, 0.3) is 0 Å². The van der Waals surface area contributed by atoms with E-state index in [-0.39, 0.29) is 6.10 Å². The van der Waals surface area contributed by atoms with Crippen molar-refractivity contribution in [3.05, 3.63) is 0 Å². The maximum Gasteiger partial charge on any atom is 0.318 e. The van der Waals surface area contributed by atoms with E-state index in [4.69, 9.17) is 8.74 Å². The molecule has 5 heteroatoms. The van der Waals surface area contributed by atoms with Gasteiger partial charge in [-0.15, -0.1) is 0 Å². The van der Waals surface area contributed by atoms with Gasteiger partial charge in [-0.05, 0) is 44.8 Å². The Bertz CT molecular complexity index is 262. The molecule has 90 valence electrons. The van der Waals surface area contributed by atoms with Gasteiger partial charge in [0, 0.05) is 6.66 Å². The van der Waals surface area contributed by atoms with Crippen LogP contribution >= 0.6 is 7.60 Å². The fourth-order valence-electron chi connectivity index (χ4n) is 2.04. The Balaban J connectivity index is 2.46. The third-order valence-electron chi connectivity index (χ3n) is 2.43. The minimum atomic E-state index is -2.83. The maximum absolute atomic E-state index is 12.1. The van der Waals surface area contributed by atoms with Crippen LogP contribution in [0.4, 0.5) is 0 Å². The van der Waals surface area contributed by atoms with Crippen molar-refractivity contribution >= 4 is 15.9 Å². The highest BCUT2D eigenvalue weighted by molar-refractivity contribution is 7.54. The molecule has 1 saturated carbocycles. The van der Waals surface area contributed by atoms with Crippen LogP contribution in [0.1, 0.15) is 26.2 Å². The van der Waals surface area contributed by atoms with E-state index in [1.807, 2.05) is 19.6 Å². The number of rotatable bonds is 4. The fraction of sp³-hybridized carbons (Fsp3) is 1.00. The highest BCUT2D eigenvalue weighted by atomic mass is 31.2. The lowest BCUT2D eigenvalue weighted by atomic mass is 10.1. The summed E-state index contributed by atoms with van der Waals surface area (Å²) < 4.78 is 23.3. The SMILES string of the molecule is CC1CCC(OP(C)(=O)O[Si](C)(C)C)C1. The molecule has 0 N–H and O–H groups in total. The van der Waals surface area contributed by atoms with Crippen LogP contribution < -0.4 is 0 Å². The Morgan fingerprint density at radius 3 is 2.27 bits per heavy atom. The van der Waals surface area contributed by atoms with E-state index in [2.05, 4.69) is 6.92 Å². The zero-order chi connectivity index (χ0) is 11.7. The zero-order valence-electron chi connectivity index (χ0n) is 10.4. The second-order valence-electron chi connectivity index (χ2n) is 5.62. The van der Waals surface area contributed by atoms with E-state index >= 15 is 0 Å². The molecule has 0 radical (unpaired) electrons. The van der Waals surface area contributed by atoms with Crippen LogP contribution in [0.2, 0.25) is 19.6 Å². The van der Waals surface area contributed by atoms with Gasteiger partial charge >= 0.3 is 7.60 Å². The van der Waals surface area contributed by atoms with E-state index in [9.17, 15) is 4.57 Å². The van der Waals surface area contributed by atoms with Crippen molar-refractivity contribution in [2.24, 2.45) is 5.92 Å². The first-order valence-electron chi connectivity index (χ1n) is 5.65. The predicted molar refractivity (Wildman–Crippen MR) is 65.8 cm³/mol. The van der Waals surface area contributed by atoms with Gasteiger partial charge in [-0.2, -0.15) is 0 Å². The molecule has 0 heterocycles. The van der Waals surface area contributed by atoms with Crippen LogP contribution in [0.15, 0.2) is 0 Å². The minimum absolute atomic E-state index is 0.146. The topological polar surface area (TPSA) is 35.5 Å². The molecule has 0 aromatic rings. The molecule has 3 atom stereocenters.